The molecule has 0 unspecified atom stereocenters. The highest BCUT2D eigenvalue weighted by atomic mass is 79.9. The molecule has 0 saturated heterocycles. The summed E-state index contributed by atoms with van der Waals surface area (Å²) in [6.45, 7) is 2.29. The van der Waals surface area contributed by atoms with Crippen LogP contribution >= 0.6 is 28.1 Å². The molecule has 1 saturated carbocycles. The predicted octanol–water partition coefficient (Wildman–Crippen LogP) is 3.83. The van der Waals surface area contributed by atoms with Gasteiger partial charge < -0.3 is 11.1 Å². The fourth-order valence-electron chi connectivity index (χ4n) is 2.38. The average Bonchev–Trinajstić information content (AvgIpc) is 2.68. The van der Waals surface area contributed by atoms with E-state index in [2.05, 4.69) is 28.2 Å². The van der Waals surface area contributed by atoms with Gasteiger partial charge >= 0.3 is 0 Å². The van der Waals surface area contributed by atoms with Crippen molar-refractivity contribution in [1.82, 2.24) is 0 Å². The summed E-state index contributed by atoms with van der Waals surface area (Å²) in [5.74, 6) is 0. The Labute approximate surface area is 116 Å². The number of nitrogens with one attached hydrogen (secondary N) is 1. The Hall–Kier alpha value is -0.610. The zero-order valence-electron chi connectivity index (χ0n) is 9.92. The van der Waals surface area contributed by atoms with Crippen LogP contribution in [0.4, 0.5) is 5.69 Å². The van der Waals surface area contributed by atoms with Crippen LogP contribution in [0.15, 0.2) is 22.7 Å². The van der Waals surface area contributed by atoms with Crippen LogP contribution in [-0.2, 0) is 0 Å². The first-order chi connectivity index (χ1) is 8.00. The molecule has 17 heavy (non-hydrogen) atoms. The highest BCUT2D eigenvalue weighted by molar-refractivity contribution is 9.10. The second-order valence-corrected chi connectivity index (χ2v) is 6.25. The molecule has 2 rings (SSSR count). The second kappa shape index (κ2) is 4.94. The number of anilines is 1. The third-order valence-electron chi connectivity index (χ3n) is 3.40. The number of rotatable bonds is 3. The van der Waals surface area contributed by atoms with E-state index in [0.29, 0.717) is 4.99 Å². The van der Waals surface area contributed by atoms with Crippen LogP contribution in [0, 0.1) is 0 Å². The number of hydrogen-bond acceptors (Lipinski definition) is 2. The standard InChI is InChI=1S/C13H17BrN2S/c1-13(6-2-3-7-13)16-11-5-4-9(12(15)17)8-10(11)14/h4-5,8,16H,2-3,6-7H2,1H3,(H2,15,17). The summed E-state index contributed by atoms with van der Waals surface area (Å²) in [5, 5.41) is 3.62. The number of halogens is 1. The molecule has 0 atom stereocenters. The molecule has 0 amide bonds. The molecule has 0 spiro atoms. The van der Waals surface area contributed by atoms with Gasteiger partial charge in [-0.1, -0.05) is 25.1 Å². The van der Waals surface area contributed by atoms with E-state index in [1.54, 1.807) is 0 Å². The maximum absolute atomic E-state index is 5.61. The maximum Gasteiger partial charge on any atom is 0.104 e. The summed E-state index contributed by atoms with van der Waals surface area (Å²) >= 11 is 8.54. The van der Waals surface area contributed by atoms with Crippen LogP contribution in [0.3, 0.4) is 0 Å². The van der Waals surface area contributed by atoms with E-state index in [0.717, 1.165) is 15.7 Å². The van der Waals surface area contributed by atoms with E-state index < -0.39 is 0 Å². The van der Waals surface area contributed by atoms with Crippen LogP contribution in [-0.4, -0.2) is 10.5 Å². The van der Waals surface area contributed by atoms with Crippen LogP contribution < -0.4 is 11.1 Å². The Morgan fingerprint density at radius 1 is 1.41 bits per heavy atom. The van der Waals surface area contributed by atoms with Gasteiger partial charge in [-0.05, 0) is 53.9 Å². The quantitative estimate of drug-likeness (QED) is 0.833. The van der Waals surface area contributed by atoms with Crippen LogP contribution in [0.1, 0.15) is 38.2 Å². The molecule has 0 aliphatic heterocycles. The number of nitrogens with two attached hydrogens (primary N) is 1. The third kappa shape index (κ3) is 2.99. The Balaban J connectivity index is 2.19. The van der Waals surface area contributed by atoms with Gasteiger partial charge in [0.05, 0.1) is 0 Å². The lowest BCUT2D eigenvalue weighted by atomic mass is 10.00. The predicted molar refractivity (Wildman–Crippen MR) is 80.5 cm³/mol. The van der Waals surface area contributed by atoms with E-state index in [9.17, 15) is 0 Å². The lowest BCUT2D eigenvalue weighted by molar-refractivity contribution is 0.533. The van der Waals surface area contributed by atoms with Crippen molar-refractivity contribution in [2.75, 3.05) is 5.32 Å². The Bertz CT molecular complexity index is 439. The minimum atomic E-state index is 0.229. The molecular weight excluding hydrogens is 296 g/mol. The topological polar surface area (TPSA) is 38.0 Å². The SMILES string of the molecule is CC1(Nc2ccc(C(N)=S)cc2Br)CCCC1. The van der Waals surface area contributed by atoms with Gasteiger partial charge in [0.1, 0.15) is 4.99 Å². The van der Waals surface area contributed by atoms with Gasteiger partial charge in [0.25, 0.3) is 0 Å². The minimum Gasteiger partial charge on any atom is -0.389 e. The first kappa shape index (κ1) is 12.8. The smallest absolute Gasteiger partial charge is 0.104 e. The number of benzene rings is 1. The van der Waals surface area contributed by atoms with Crippen LogP contribution in [0.5, 0.6) is 0 Å². The van der Waals surface area contributed by atoms with E-state index in [1.807, 2.05) is 18.2 Å². The molecule has 0 heterocycles. The third-order valence-corrected chi connectivity index (χ3v) is 4.29. The van der Waals surface area contributed by atoms with Crippen molar-refractivity contribution in [1.29, 1.82) is 0 Å². The molecule has 2 nitrogen and oxygen atoms in total. The lowest BCUT2D eigenvalue weighted by Gasteiger charge is -2.27. The molecule has 0 radical (unpaired) electrons. The summed E-state index contributed by atoms with van der Waals surface area (Å²) in [6, 6.07) is 5.98. The number of thiocarbonyl (C=S) groups is 1. The Morgan fingerprint density at radius 3 is 2.59 bits per heavy atom. The van der Waals surface area contributed by atoms with Gasteiger partial charge in [-0.2, -0.15) is 0 Å². The molecular formula is C13H17BrN2S. The maximum atomic E-state index is 5.61. The van der Waals surface area contributed by atoms with Crippen molar-refractivity contribution in [3.05, 3.63) is 28.2 Å². The highest BCUT2D eigenvalue weighted by Gasteiger charge is 2.28. The fraction of sp³-hybridized carbons (Fsp3) is 0.462. The lowest BCUT2D eigenvalue weighted by Crippen LogP contribution is -2.30. The summed E-state index contributed by atoms with van der Waals surface area (Å²) in [6.07, 6.45) is 5.09. The van der Waals surface area contributed by atoms with Crippen molar-refractivity contribution >= 4 is 38.8 Å². The molecule has 1 fully saturated rings. The zero-order valence-corrected chi connectivity index (χ0v) is 12.3. The molecule has 1 aliphatic rings. The summed E-state index contributed by atoms with van der Waals surface area (Å²) in [7, 11) is 0. The summed E-state index contributed by atoms with van der Waals surface area (Å²) in [4.78, 5) is 0.435. The van der Waals surface area contributed by atoms with Gasteiger partial charge in [-0.3, -0.25) is 0 Å². The van der Waals surface area contributed by atoms with Crippen molar-refractivity contribution in [3.8, 4) is 0 Å². The molecule has 1 aliphatic carbocycles. The first-order valence-corrected chi connectivity index (χ1v) is 7.08. The Kier molecular flexibility index (Phi) is 3.73. The second-order valence-electron chi connectivity index (χ2n) is 4.95. The molecule has 1 aromatic rings. The molecule has 92 valence electrons. The normalized spacial score (nSPS) is 18.0. The fourth-order valence-corrected chi connectivity index (χ4v) is 2.98. The van der Waals surface area contributed by atoms with E-state index in [4.69, 9.17) is 18.0 Å². The average molecular weight is 313 g/mol. The van der Waals surface area contributed by atoms with Crippen LogP contribution in [0.25, 0.3) is 0 Å². The first-order valence-electron chi connectivity index (χ1n) is 5.88. The minimum absolute atomic E-state index is 0.229. The monoisotopic (exact) mass is 312 g/mol. The highest BCUT2D eigenvalue weighted by Crippen LogP contribution is 2.35. The van der Waals surface area contributed by atoms with E-state index in [1.165, 1.54) is 25.7 Å². The molecule has 4 heteroatoms. The van der Waals surface area contributed by atoms with Crippen molar-refractivity contribution in [3.63, 3.8) is 0 Å². The van der Waals surface area contributed by atoms with E-state index >= 15 is 0 Å². The molecule has 1 aromatic carbocycles. The van der Waals surface area contributed by atoms with Gasteiger partial charge in [-0.15, -0.1) is 0 Å². The van der Waals surface area contributed by atoms with Gasteiger partial charge in [-0.25, -0.2) is 0 Å². The molecule has 0 aromatic heterocycles. The molecule has 0 bridgehead atoms. The van der Waals surface area contributed by atoms with E-state index in [-0.39, 0.29) is 5.54 Å². The van der Waals surface area contributed by atoms with Gasteiger partial charge in [0.2, 0.25) is 0 Å². The van der Waals surface area contributed by atoms with Gasteiger partial charge in [0, 0.05) is 21.3 Å². The van der Waals surface area contributed by atoms with Crippen molar-refractivity contribution in [2.24, 2.45) is 5.73 Å². The summed E-state index contributed by atoms with van der Waals surface area (Å²) in [5.41, 5.74) is 7.86. The molecule has 3 N–H and O–H groups in total. The zero-order chi connectivity index (χ0) is 12.5. The number of hydrogen-bond donors (Lipinski definition) is 2. The Morgan fingerprint density at radius 2 is 2.06 bits per heavy atom. The van der Waals surface area contributed by atoms with Crippen molar-refractivity contribution < 1.29 is 0 Å². The van der Waals surface area contributed by atoms with Crippen LogP contribution in [0.2, 0.25) is 0 Å². The largest absolute Gasteiger partial charge is 0.389 e. The van der Waals surface area contributed by atoms with Crippen molar-refractivity contribution in [2.45, 2.75) is 38.1 Å². The summed E-state index contributed by atoms with van der Waals surface area (Å²) < 4.78 is 1.02. The van der Waals surface area contributed by atoms with Gasteiger partial charge in [0.15, 0.2) is 0 Å².